The zero-order valence-corrected chi connectivity index (χ0v) is 15.9. The number of benzene rings is 2. The predicted octanol–water partition coefficient (Wildman–Crippen LogP) is 3.92. The summed E-state index contributed by atoms with van der Waals surface area (Å²) in [5, 5.41) is 11.7. The molecule has 0 bridgehead atoms. The van der Waals surface area contributed by atoms with Crippen molar-refractivity contribution in [2.24, 2.45) is 7.05 Å². The quantitative estimate of drug-likeness (QED) is 0.602. The van der Waals surface area contributed by atoms with E-state index in [2.05, 4.69) is 15.5 Å². The van der Waals surface area contributed by atoms with Gasteiger partial charge in [0, 0.05) is 12.7 Å². The number of halogens is 2. The summed E-state index contributed by atoms with van der Waals surface area (Å²) < 4.78 is 20.4. The van der Waals surface area contributed by atoms with Gasteiger partial charge in [-0.05, 0) is 30.3 Å². The van der Waals surface area contributed by atoms with Crippen LogP contribution in [0.4, 0.5) is 10.1 Å². The van der Waals surface area contributed by atoms with E-state index in [0.717, 1.165) is 5.69 Å². The van der Waals surface area contributed by atoms with E-state index in [1.54, 1.807) is 11.6 Å². The third-order valence-electron chi connectivity index (χ3n) is 3.57. The van der Waals surface area contributed by atoms with Crippen LogP contribution in [-0.2, 0) is 18.4 Å². The lowest BCUT2D eigenvalue weighted by atomic mass is 10.3. The Labute approximate surface area is 164 Å². The summed E-state index contributed by atoms with van der Waals surface area (Å²) in [6.45, 7) is 0.117. The van der Waals surface area contributed by atoms with Crippen LogP contribution in [-0.4, -0.2) is 26.4 Å². The number of hydrogen-bond acceptors (Lipinski definition) is 5. The van der Waals surface area contributed by atoms with Crippen molar-refractivity contribution >= 4 is 35.0 Å². The molecular weight excluding hydrogens is 391 g/mol. The zero-order chi connectivity index (χ0) is 19.2. The molecule has 0 atom stereocenters. The van der Waals surface area contributed by atoms with Gasteiger partial charge in [0.25, 0.3) is 0 Å². The number of rotatable bonds is 7. The molecule has 0 aliphatic rings. The van der Waals surface area contributed by atoms with Crippen molar-refractivity contribution in [2.75, 3.05) is 11.1 Å². The largest absolute Gasteiger partial charge is 0.484 e. The number of aromatic nitrogens is 3. The summed E-state index contributed by atoms with van der Waals surface area (Å²) in [5.74, 6) is 0.549. The fourth-order valence-electron chi connectivity index (χ4n) is 2.18. The van der Waals surface area contributed by atoms with Gasteiger partial charge in [0.05, 0.1) is 10.8 Å². The van der Waals surface area contributed by atoms with Crippen LogP contribution in [0.15, 0.2) is 53.7 Å². The van der Waals surface area contributed by atoms with Crippen molar-refractivity contribution in [3.63, 3.8) is 0 Å². The lowest BCUT2D eigenvalue weighted by molar-refractivity contribution is -0.113. The monoisotopic (exact) mass is 406 g/mol. The van der Waals surface area contributed by atoms with Crippen molar-refractivity contribution in [1.29, 1.82) is 0 Å². The number of para-hydroxylation sites is 1. The topological polar surface area (TPSA) is 69.0 Å². The highest BCUT2D eigenvalue weighted by Gasteiger charge is 2.13. The lowest BCUT2D eigenvalue weighted by Crippen LogP contribution is -2.14. The smallest absolute Gasteiger partial charge is 0.234 e. The highest BCUT2D eigenvalue weighted by Crippen LogP contribution is 2.26. The number of amides is 1. The number of nitrogens with one attached hydrogen (secondary N) is 1. The van der Waals surface area contributed by atoms with Gasteiger partial charge in [0.1, 0.15) is 18.2 Å². The minimum Gasteiger partial charge on any atom is -0.484 e. The summed E-state index contributed by atoms with van der Waals surface area (Å²) in [6, 6.07) is 13.1. The maximum Gasteiger partial charge on any atom is 0.234 e. The highest BCUT2D eigenvalue weighted by atomic mass is 35.5. The molecule has 0 unspecified atom stereocenters. The number of anilines is 1. The van der Waals surface area contributed by atoms with E-state index in [9.17, 15) is 9.18 Å². The van der Waals surface area contributed by atoms with E-state index < -0.39 is 5.82 Å². The fraction of sp³-hybridized carbons (Fsp3) is 0.167. The van der Waals surface area contributed by atoms with Gasteiger partial charge in [0.15, 0.2) is 11.0 Å². The summed E-state index contributed by atoms with van der Waals surface area (Å²) in [6.07, 6.45) is 0. The number of thioether (sulfide) groups is 1. The Bertz CT molecular complexity index is 936. The lowest BCUT2D eigenvalue weighted by Gasteiger charge is -2.08. The SMILES string of the molecule is Cn1c(COc2ccc(F)cc2Cl)nnc1SCC(=O)Nc1ccccc1. The summed E-state index contributed by atoms with van der Waals surface area (Å²) >= 11 is 7.20. The maximum absolute atomic E-state index is 13.1. The summed E-state index contributed by atoms with van der Waals surface area (Å²) in [5.41, 5.74) is 0.742. The molecule has 0 aliphatic carbocycles. The molecule has 0 spiro atoms. The van der Waals surface area contributed by atoms with Gasteiger partial charge in [-0.25, -0.2) is 4.39 Å². The Hall–Kier alpha value is -2.58. The van der Waals surface area contributed by atoms with Crippen molar-refractivity contribution < 1.29 is 13.9 Å². The molecule has 0 radical (unpaired) electrons. The van der Waals surface area contributed by atoms with E-state index >= 15 is 0 Å². The molecule has 0 saturated carbocycles. The van der Waals surface area contributed by atoms with Crippen LogP contribution in [0.1, 0.15) is 5.82 Å². The molecule has 0 saturated heterocycles. The third-order valence-corrected chi connectivity index (χ3v) is 4.88. The van der Waals surface area contributed by atoms with Crippen LogP contribution in [0.5, 0.6) is 5.75 Å². The van der Waals surface area contributed by atoms with E-state index in [-0.39, 0.29) is 23.3 Å². The van der Waals surface area contributed by atoms with Crippen molar-refractivity contribution in [1.82, 2.24) is 14.8 Å². The zero-order valence-electron chi connectivity index (χ0n) is 14.4. The molecule has 1 amide bonds. The van der Waals surface area contributed by atoms with Gasteiger partial charge in [-0.1, -0.05) is 41.6 Å². The molecular formula is C18H16ClFN4O2S. The molecule has 27 heavy (non-hydrogen) atoms. The summed E-state index contributed by atoms with van der Waals surface area (Å²) in [7, 11) is 1.78. The van der Waals surface area contributed by atoms with Gasteiger partial charge in [-0.3, -0.25) is 4.79 Å². The van der Waals surface area contributed by atoms with E-state index in [1.807, 2.05) is 30.3 Å². The Balaban J connectivity index is 1.54. The van der Waals surface area contributed by atoms with Gasteiger partial charge >= 0.3 is 0 Å². The van der Waals surface area contributed by atoms with Crippen LogP contribution in [0.3, 0.4) is 0 Å². The number of carbonyl (C=O) groups is 1. The van der Waals surface area contributed by atoms with E-state index in [4.69, 9.17) is 16.3 Å². The number of carbonyl (C=O) groups excluding carboxylic acids is 1. The molecule has 140 valence electrons. The third kappa shape index (κ3) is 5.21. The molecule has 9 heteroatoms. The second-order valence-corrected chi connectivity index (χ2v) is 6.87. The van der Waals surface area contributed by atoms with Crippen LogP contribution in [0.25, 0.3) is 0 Å². The molecule has 3 rings (SSSR count). The fourth-order valence-corrected chi connectivity index (χ4v) is 3.13. The molecule has 0 fully saturated rings. The normalized spacial score (nSPS) is 10.6. The van der Waals surface area contributed by atoms with Gasteiger partial charge < -0.3 is 14.6 Å². The Morgan fingerprint density at radius 1 is 1.26 bits per heavy atom. The molecule has 6 nitrogen and oxygen atoms in total. The minimum absolute atomic E-state index is 0.117. The Morgan fingerprint density at radius 3 is 2.78 bits per heavy atom. The first-order valence-corrected chi connectivity index (χ1v) is 9.33. The summed E-state index contributed by atoms with van der Waals surface area (Å²) in [4.78, 5) is 12.0. The van der Waals surface area contributed by atoms with Gasteiger partial charge in [-0.2, -0.15) is 0 Å². The molecule has 3 aromatic rings. The maximum atomic E-state index is 13.1. The van der Waals surface area contributed by atoms with Crippen molar-refractivity contribution in [2.45, 2.75) is 11.8 Å². The van der Waals surface area contributed by atoms with Crippen LogP contribution < -0.4 is 10.1 Å². The van der Waals surface area contributed by atoms with E-state index in [0.29, 0.717) is 16.7 Å². The molecule has 1 N–H and O–H groups in total. The van der Waals surface area contributed by atoms with Crippen LogP contribution >= 0.6 is 23.4 Å². The van der Waals surface area contributed by atoms with Crippen LogP contribution in [0, 0.1) is 5.82 Å². The molecule has 1 aromatic heterocycles. The minimum atomic E-state index is -0.432. The second kappa shape index (κ2) is 8.88. The first kappa shape index (κ1) is 19.2. The Morgan fingerprint density at radius 2 is 2.04 bits per heavy atom. The molecule has 2 aromatic carbocycles. The van der Waals surface area contributed by atoms with E-state index in [1.165, 1.54) is 30.0 Å². The number of nitrogens with zero attached hydrogens (tertiary/aromatic N) is 3. The number of ether oxygens (including phenoxy) is 1. The average molecular weight is 407 g/mol. The van der Waals surface area contributed by atoms with Gasteiger partial charge in [-0.15, -0.1) is 10.2 Å². The van der Waals surface area contributed by atoms with Crippen LogP contribution in [0.2, 0.25) is 5.02 Å². The molecule has 0 aliphatic heterocycles. The van der Waals surface area contributed by atoms with Gasteiger partial charge in [0.2, 0.25) is 5.91 Å². The first-order chi connectivity index (χ1) is 13.0. The number of hydrogen-bond donors (Lipinski definition) is 1. The first-order valence-electron chi connectivity index (χ1n) is 7.97. The Kier molecular flexibility index (Phi) is 6.31. The molecule has 1 heterocycles. The van der Waals surface area contributed by atoms with Crippen molar-refractivity contribution in [3.8, 4) is 5.75 Å². The highest BCUT2D eigenvalue weighted by molar-refractivity contribution is 7.99. The second-order valence-electron chi connectivity index (χ2n) is 5.52. The standard InChI is InChI=1S/C18H16ClFN4O2S/c1-24-16(10-26-15-8-7-12(20)9-14(15)19)22-23-18(24)27-11-17(25)21-13-5-3-2-4-6-13/h2-9H,10-11H2,1H3,(H,21,25). The van der Waals surface area contributed by atoms with Crippen molar-refractivity contribution in [3.05, 3.63) is 65.2 Å². The average Bonchev–Trinajstić information content (AvgIpc) is 3.00. The predicted molar refractivity (Wildman–Crippen MR) is 103 cm³/mol.